The van der Waals surface area contributed by atoms with Crippen LogP contribution in [0.4, 0.5) is 0 Å². The highest BCUT2D eigenvalue weighted by molar-refractivity contribution is 5.75. The summed E-state index contributed by atoms with van der Waals surface area (Å²) in [4.78, 5) is 11.5. The second-order valence-corrected chi connectivity index (χ2v) is 4.72. The van der Waals surface area contributed by atoms with Crippen LogP contribution in [-0.4, -0.2) is 51.0 Å². The van der Waals surface area contributed by atoms with Crippen LogP contribution < -0.4 is 10.6 Å². The molecule has 0 bridgehead atoms. The maximum Gasteiger partial charge on any atom is 0.222 e. The Hall–Kier alpha value is -0.650. The fourth-order valence-corrected chi connectivity index (χ4v) is 1.93. The highest BCUT2D eigenvalue weighted by Gasteiger charge is 2.15. The first-order valence-electron chi connectivity index (χ1n) is 6.91. The van der Waals surface area contributed by atoms with Gasteiger partial charge in [-0.2, -0.15) is 0 Å². The minimum absolute atomic E-state index is 0.0482. The zero-order valence-electron chi connectivity index (χ0n) is 11.5. The quantitative estimate of drug-likeness (QED) is 0.597. The van der Waals surface area contributed by atoms with Gasteiger partial charge in [0.15, 0.2) is 0 Å². The Labute approximate surface area is 110 Å². The Kier molecular flexibility index (Phi) is 7.96. The zero-order valence-corrected chi connectivity index (χ0v) is 11.5. The zero-order chi connectivity index (χ0) is 13.2. The highest BCUT2D eigenvalue weighted by atomic mass is 16.5. The molecule has 2 N–H and O–H groups in total. The molecule has 0 spiro atoms. The van der Waals surface area contributed by atoms with E-state index in [1.165, 1.54) is 0 Å². The first-order valence-corrected chi connectivity index (χ1v) is 6.91. The molecule has 5 heteroatoms. The predicted octanol–water partition coefficient (Wildman–Crippen LogP) is 0.686. The normalized spacial score (nSPS) is 20.9. The van der Waals surface area contributed by atoms with Crippen molar-refractivity contribution in [1.82, 2.24) is 10.6 Å². The van der Waals surface area contributed by atoms with Gasteiger partial charge in [0.1, 0.15) is 0 Å². The summed E-state index contributed by atoms with van der Waals surface area (Å²) in [6.45, 7) is 7.62. The van der Waals surface area contributed by atoms with Crippen molar-refractivity contribution < 1.29 is 14.3 Å². The molecule has 0 aromatic rings. The first-order chi connectivity index (χ1) is 8.72. The van der Waals surface area contributed by atoms with Crippen LogP contribution in [0.5, 0.6) is 0 Å². The molecule has 1 aliphatic heterocycles. The van der Waals surface area contributed by atoms with Crippen molar-refractivity contribution >= 4 is 5.91 Å². The fourth-order valence-electron chi connectivity index (χ4n) is 1.93. The van der Waals surface area contributed by atoms with Crippen LogP contribution in [0, 0.1) is 0 Å². The number of likely N-dealkylation sites (N-methyl/N-ethyl adjacent to an activating group) is 1. The molecule has 1 aliphatic rings. The van der Waals surface area contributed by atoms with Crippen LogP contribution in [0.3, 0.4) is 0 Å². The number of ether oxygens (including phenoxy) is 2. The van der Waals surface area contributed by atoms with Crippen LogP contribution in [0.15, 0.2) is 0 Å². The Balaban J connectivity index is 1.92. The summed E-state index contributed by atoms with van der Waals surface area (Å²) in [6, 6.07) is 0.312. The summed E-state index contributed by atoms with van der Waals surface area (Å²) in [5.41, 5.74) is 0. The van der Waals surface area contributed by atoms with Gasteiger partial charge >= 0.3 is 0 Å². The van der Waals surface area contributed by atoms with Gasteiger partial charge in [-0.3, -0.25) is 4.79 Å². The molecule has 106 valence electrons. The number of nitrogens with one attached hydrogen (secondary N) is 2. The Morgan fingerprint density at radius 3 is 3.06 bits per heavy atom. The van der Waals surface area contributed by atoms with Gasteiger partial charge in [0.2, 0.25) is 5.91 Å². The predicted molar refractivity (Wildman–Crippen MR) is 70.6 cm³/mol. The molecule has 1 heterocycles. The number of hydrogen-bond donors (Lipinski definition) is 2. The lowest BCUT2D eigenvalue weighted by atomic mass is 10.2. The van der Waals surface area contributed by atoms with Crippen molar-refractivity contribution in [2.75, 3.05) is 32.9 Å². The largest absolute Gasteiger partial charge is 0.378 e. The average molecular weight is 258 g/mol. The van der Waals surface area contributed by atoms with Gasteiger partial charge in [0.05, 0.1) is 19.3 Å². The summed E-state index contributed by atoms with van der Waals surface area (Å²) >= 11 is 0. The molecule has 5 nitrogen and oxygen atoms in total. The summed E-state index contributed by atoms with van der Waals surface area (Å²) < 4.78 is 10.9. The molecule has 1 saturated heterocycles. The molecule has 2 atom stereocenters. The number of amides is 1. The van der Waals surface area contributed by atoms with Crippen LogP contribution in [0.1, 0.15) is 33.1 Å². The standard InChI is InChI=1S/C13H26N2O3/c1-3-14-11(2)9-15-13(16)6-8-17-10-12-5-4-7-18-12/h11-12,14H,3-10H2,1-2H3,(H,15,16)/t11-,12?/m1/s1. The average Bonchev–Trinajstić information content (AvgIpc) is 2.85. The van der Waals surface area contributed by atoms with E-state index in [1.54, 1.807) is 0 Å². The van der Waals surface area contributed by atoms with E-state index >= 15 is 0 Å². The summed E-state index contributed by atoms with van der Waals surface area (Å²) in [5.74, 6) is 0.0482. The lowest BCUT2D eigenvalue weighted by Crippen LogP contribution is -2.39. The van der Waals surface area contributed by atoms with Crippen LogP contribution in [0.2, 0.25) is 0 Å². The SMILES string of the molecule is CCN[C@H](C)CNC(=O)CCOCC1CCCO1. The van der Waals surface area contributed by atoms with Crippen LogP contribution >= 0.6 is 0 Å². The third kappa shape index (κ3) is 6.93. The van der Waals surface area contributed by atoms with E-state index in [4.69, 9.17) is 9.47 Å². The molecule has 0 aliphatic carbocycles. The molecule has 1 unspecified atom stereocenters. The third-order valence-corrected chi connectivity index (χ3v) is 2.96. The van der Waals surface area contributed by atoms with Gasteiger partial charge in [0.25, 0.3) is 0 Å². The van der Waals surface area contributed by atoms with Gasteiger partial charge in [-0.05, 0) is 26.3 Å². The van der Waals surface area contributed by atoms with E-state index in [0.717, 1.165) is 26.0 Å². The monoisotopic (exact) mass is 258 g/mol. The molecule has 0 saturated carbocycles. The van der Waals surface area contributed by atoms with E-state index in [0.29, 0.717) is 32.2 Å². The van der Waals surface area contributed by atoms with Gasteiger partial charge < -0.3 is 20.1 Å². The highest BCUT2D eigenvalue weighted by Crippen LogP contribution is 2.11. The van der Waals surface area contributed by atoms with Gasteiger partial charge in [-0.25, -0.2) is 0 Å². The molecular weight excluding hydrogens is 232 g/mol. The molecule has 0 aromatic carbocycles. The number of hydrogen-bond acceptors (Lipinski definition) is 4. The Bertz CT molecular complexity index is 230. The summed E-state index contributed by atoms with van der Waals surface area (Å²) in [5, 5.41) is 6.13. The molecule has 18 heavy (non-hydrogen) atoms. The van der Waals surface area contributed by atoms with Gasteiger partial charge in [-0.15, -0.1) is 0 Å². The van der Waals surface area contributed by atoms with E-state index in [9.17, 15) is 4.79 Å². The molecule has 1 amide bonds. The van der Waals surface area contributed by atoms with Crippen molar-refractivity contribution in [3.63, 3.8) is 0 Å². The van der Waals surface area contributed by atoms with Crippen molar-refractivity contribution in [1.29, 1.82) is 0 Å². The smallest absolute Gasteiger partial charge is 0.222 e. The van der Waals surface area contributed by atoms with Gasteiger partial charge in [0, 0.05) is 25.6 Å². The minimum atomic E-state index is 0.0482. The second-order valence-electron chi connectivity index (χ2n) is 4.72. The second kappa shape index (κ2) is 9.30. The molecule has 1 rings (SSSR count). The minimum Gasteiger partial charge on any atom is -0.378 e. The lowest BCUT2D eigenvalue weighted by Gasteiger charge is -2.13. The van der Waals surface area contributed by atoms with Gasteiger partial charge in [-0.1, -0.05) is 6.92 Å². The summed E-state index contributed by atoms with van der Waals surface area (Å²) in [7, 11) is 0. The van der Waals surface area contributed by atoms with Crippen molar-refractivity contribution in [2.24, 2.45) is 0 Å². The number of carbonyl (C=O) groups excluding carboxylic acids is 1. The van der Waals surface area contributed by atoms with E-state index in [-0.39, 0.29) is 12.0 Å². The maximum absolute atomic E-state index is 11.5. The first kappa shape index (κ1) is 15.4. The number of rotatable bonds is 9. The van der Waals surface area contributed by atoms with Crippen molar-refractivity contribution in [3.05, 3.63) is 0 Å². The van der Waals surface area contributed by atoms with E-state index < -0.39 is 0 Å². The maximum atomic E-state index is 11.5. The van der Waals surface area contributed by atoms with E-state index in [1.807, 2.05) is 0 Å². The Morgan fingerprint density at radius 2 is 2.39 bits per heavy atom. The van der Waals surface area contributed by atoms with Crippen LogP contribution in [0.25, 0.3) is 0 Å². The molecular formula is C13H26N2O3. The third-order valence-electron chi connectivity index (χ3n) is 2.96. The molecule has 0 radical (unpaired) electrons. The Morgan fingerprint density at radius 1 is 1.56 bits per heavy atom. The summed E-state index contributed by atoms with van der Waals surface area (Å²) in [6.07, 6.45) is 2.86. The molecule has 0 aromatic heterocycles. The molecule has 1 fully saturated rings. The van der Waals surface area contributed by atoms with Crippen molar-refractivity contribution in [3.8, 4) is 0 Å². The van der Waals surface area contributed by atoms with E-state index in [2.05, 4.69) is 24.5 Å². The van der Waals surface area contributed by atoms with Crippen molar-refractivity contribution in [2.45, 2.75) is 45.3 Å². The fraction of sp³-hybridized carbons (Fsp3) is 0.923. The van der Waals surface area contributed by atoms with Crippen LogP contribution in [-0.2, 0) is 14.3 Å². The lowest BCUT2D eigenvalue weighted by molar-refractivity contribution is -0.122. The number of carbonyl (C=O) groups is 1. The topological polar surface area (TPSA) is 59.6 Å².